The molecule has 74 valence electrons. The van der Waals surface area contributed by atoms with Gasteiger partial charge in [0.05, 0.1) is 0 Å². The van der Waals surface area contributed by atoms with Crippen LogP contribution in [0.25, 0.3) is 5.57 Å². The Hall–Kier alpha value is -1.21. The first-order chi connectivity index (χ1) is 6.50. The summed E-state index contributed by atoms with van der Waals surface area (Å²) in [5.74, 6) is 0. The highest BCUT2D eigenvalue weighted by Gasteiger charge is 2.00. The molecule has 0 atom stereocenters. The van der Waals surface area contributed by atoms with Crippen LogP contribution in [-0.2, 0) is 0 Å². The van der Waals surface area contributed by atoms with Gasteiger partial charge in [0, 0.05) is 10.7 Å². The molecule has 0 aliphatic heterocycles. The van der Waals surface area contributed by atoms with E-state index in [0.717, 1.165) is 21.7 Å². The first kappa shape index (κ1) is 10.9. The van der Waals surface area contributed by atoms with Crippen LogP contribution in [0.3, 0.4) is 0 Å². The highest BCUT2D eigenvalue weighted by molar-refractivity contribution is 6.30. The minimum absolute atomic E-state index is 0.567. The maximum Gasteiger partial charge on any atom is 0.0409 e. The fourth-order valence-corrected chi connectivity index (χ4v) is 1.65. The summed E-state index contributed by atoms with van der Waals surface area (Å²) in [6, 6.07) is 5.81. The number of benzene rings is 1. The van der Waals surface area contributed by atoms with Gasteiger partial charge in [-0.15, -0.1) is 0 Å². The first-order valence-electron chi connectivity index (χ1n) is 4.40. The lowest BCUT2D eigenvalue weighted by Crippen LogP contribution is -1.92. The zero-order valence-corrected chi connectivity index (χ0v) is 9.23. The smallest absolute Gasteiger partial charge is 0.0409 e. The zero-order valence-electron chi connectivity index (χ0n) is 8.47. The zero-order chi connectivity index (χ0) is 10.7. The monoisotopic (exact) mass is 207 g/mol. The lowest BCUT2D eigenvalue weighted by Gasteiger charge is -2.06. The van der Waals surface area contributed by atoms with Crippen molar-refractivity contribution in [2.45, 2.75) is 13.8 Å². The van der Waals surface area contributed by atoms with Crippen molar-refractivity contribution in [2.24, 2.45) is 5.73 Å². The molecule has 0 aromatic heterocycles. The standard InChI is InChI=1S/C12H14ClN/c1-8(6-10(3)14)12-5-4-11(13)7-9(12)2/h4-7H,3,14H2,1-2H3/b8-6-. The number of hydrogen-bond acceptors (Lipinski definition) is 1. The van der Waals surface area contributed by atoms with Crippen molar-refractivity contribution in [2.75, 3.05) is 0 Å². The van der Waals surface area contributed by atoms with Crippen molar-refractivity contribution < 1.29 is 0 Å². The van der Waals surface area contributed by atoms with Crippen LogP contribution in [-0.4, -0.2) is 0 Å². The van der Waals surface area contributed by atoms with Crippen molar-refractivity contribution in [3.8, 4) is 0 Å². The second kappa shape index (κ2) is 4.34. The lowest BCUT2D eigenvalue weighted by molar-refractivity contribution is 1.39. The average molecular weight is 208 g/mol. The lowest BCUT2D eigenvalue weighted by atomic mass is 10.0. The van der Waals surface area contributed by atoms with Crippen LogP contribution in [0.4, 0.5) is 0 Å². The minimum atomic E-state index is 0.567. The molecule has 1 aromatic carbocycles. The maximum absolute atomic E-state index is 5.87. The molecule has 2 heteroatoms. The molecule has 0 amide bonds. The van der Waals surface area contributed by atoms with Gasteiger partial charge < -0.3 is 5.73 Å². The van der Waals surface area contributed by atoms with Gasteiger partial charge in [0.15, 0.2) is 0 Å². The molecule has 0 aliphatic rings. The fourth-order valence-electron chi connectivity index (χ4n) is 1.43. The van der Waals surface area contributed by atoms with Gasteiger partial charge in [-0.05, 0) is 48.8 Å². The van der Waals surface area contributed by atoms with Gasteiger partial charge in [-0.1, -0.05) is 24.2 Å². The van der Waals surface area contributed by atoms with E-state index in [2.05, 4.69) is 6.58 Å². The molecule has 14 heavy (non-hydrogen) atoms. The summed E-state index contributed by atoms with van der Waals surface area (Å²) in [4.78, 5) is 0. The number of aryl methyl sites for hydroxylation is 1. The van der Waals surface area contributed by atoms with Crippen molar-refractivity contribution >= 4 is 17.2 Å². The third-order valence-electron chi connectivity index (χ3n) is 2.02. The summed E-state index contributed by atoms with van der Waals surface area (Å²) in [6.07, 6.45) is 1.86. The summed E-state index contributed by atoms with van der Waals surface area (Å²) >= 11 is 5.87. The molecule has 1 aromatic rings. The Morgan fingerprint density at radius 2 is 2.14 bits per heavy atom. The third-order valence-corrected chi connectivity index (χ3v) is 2.25. The van der Waals surface area contributed by atoms with Crippen LogP contribution in [0.5, 0.6) is 0 Å². The van der Waals surface area contributed by atoms with Crippen LogP contribution in [0.2, 0.25) is 5.02 Å². The summed E-state index contributed by atoms with van der Waals surface area (Å²) in [5, 5.41) is 0.755. The van der Waals surface area contributed by atoms with E-state index in [9.17, 15) is 0 Å². The molecule has 0 unspecified atom stereocenters. The quantitative estimate of drug-likeness (QED) is 0.738. The summed E-state index contributed by atoms with van der Waals surface area (Å²) in [6.45, 7) is 7.68. The molecule has 0 bridgehead atoms. The number of rotatable bonds is 2. The van der Waals surface area contributed by atoms with Gasteiger partial charge in [-0.25, -0.2) is 0 Å². The molecule has 1 rings (SSSR count). The Morgan fingerprint density at radius 3 is 2.64 bits per heavy atom. The Bertz CT molecular complexity index is 391. The highest BCUT2D eigenvalue weighted by atomic mass is 35.5. The van der Waals surface area contributed by atoms with Gasteiger partial charge in [0.2, 0.25) is 0 Å². The van der Waals surface area contributed by atoms with Gasteiger partial charge in [-0.2, -0.15) is 0 Å². The summed E-state index contributed by atoms with van der Waals surface area (Å²) in [5.41, 5.74) is 9.48. The van der Waals surface area contributed by atoms with Gasteiger partial charge in [0.25, 0.3) is 0 Å². The van der Waals surface area contributed by atoms with Crippen LogP contribution in [0, 0.1) is 6.92 Å². The molecule has 0 spiro atoms. The third kappa shape index (κ3) is 2.64. The topological polar surface area (TPSA) is 26.0 Å². The number of halogens is 1. The molecule has 0 fully saturated rings. The molecule has 2 N–H and O–H groups in total. The van der Waals surface area contributed by atoms with Gasteiger partial charge in [0.1, 0.15) is 0 Å². The van der Waals surface area contributed by atoms with Crippen LogP contribution < -0.4 is 5.73 Å². The van der Waals surface area contributed by atoms with Crippen molar-refractivity contribution in [3.63, 3.8) is 0 Å². The summed E-state index contributed by atoms with van der Waals surface area (Å²) < 4.78 is 0. The molecular weight excluding hydrogens is 194 g/mol. The van der Waals surface area contributed by atoms with Crippen LogP contribution >= 0.6 is 11.6 Å². The second-order valence-electron chi connectivity index (χ2n) is 3.36. The van der Waals surface area contributed by atoms with Gasteiger partial charge >= 0.3 is 0 Å². The fraction of sp³-hybridized carbons (Fsp3) is 0.167. The van der Waals surface area contributed by atoms with E-state index in [1.54, 1.807) is 0 Å². The number of nitrogens with two attached hydrogens (primary N) is 1. The van der Waals surface area contributed by atoms with E-state index < -0.39 is 0 Å². The second-order valence-corrected chi connectivity index (χ2v) is 3.80. The first-order valence-corrected chi connectivity index (χ1v) is 4.77. The van der Waals surface area contributed by atoms with Crippen LogP contribution in [0.1, 0.15) is 18.1 Å². The van der Waals surface area contributed by atoms with Crippen molar-refractivity contribution in [1.29, 1.82) is 0 Å². The maximum atomic E-state index is 5.87. The largest absolute Gasteiger partial charge is 0.399 e. The van der Waals surface area contributed by atoms with E-state index in [1.165, 1.54) is 0 Å². The Kier molecular flexibility index (Phi) is 3.37. The molecule has 0 aliphatic carbocycles. The van der Waals surface area contributed by atoms with Crippen molar-refractivity contribution in [1.82, 2.24) is 0 Å². The van der Waals surface area contributed by atoms with Crippen LogP contribution in [0.15, 0.2) is 36.6 Å². The highest BCUT2D eigenvalue weighted by Crippen LogP contribution is 2.22. The molecule has 0 radical (unpaired) electrons. The van der Waals surface area contributed by atoms with Gasteiger partial charge in [-0.3, -0.25) is 0 Å². The predicted molar refractivity (Wildman–Crippen MR) is 63.2 cm³/mol. The predicted octanol–water partition coefficient (Wildman–Crippen LogP) is 3.52. The molecule has 0 saturated heterocycles. The van der Waals surface area contributed by atoms with E-state index in [0.29, 0.717) is 5.70 Å². The average Bonchev–Trinajstić information content (AvgIpc) is 2.01. The number of hydrogen-bond donors (Lipinski definition) is 1. The Balaban J connectivity index is 3.14. The molecule has 0 saturated carbocycles. The Labute approximate surface area is 89.9 Å². The minimum Gasteiger partial charge on any atom is -0.399 e. The van der Waals surface area contributed by atoms with E-state index >= 15 is 0 Å². The van der Waals surface area contributed by atoms with E-state index in [1.807, 2.05) is 38.1 Å². The molecule has 1 nitrogen and oxygen atoms in total. The van der Waals surface area contributed by atoms with Crippen molar-refractivity contribution in [3.05, 3.63) is 52.7 Å². The van der Waals surface area contributed by atoms with E-state index in [-0.39, 0.29) is 0 Å². The normalized spacial score (nSPS) is 11.5. The summed E-state index contributed by atoms with van der Waals surface area (Å²) in [7, 11) is 0. The SMILES string of the molecule is C=C(N)/C=C(/C)c1ccc(Cl)cc1C. The number of allylic oxidation sites excluding steroid dienone is 2. The molecular formula is C12H14ClN. The Morgan fingerprint density at radius 1 is 1.50 bits per heavy atom. The molecule has 0 heterocycles. The van der Waals surface area contributed by atoms with E-state index in [4.69, 9.17) is 17.3 Å².